The highest BCUT2D eigenvalue weighted by molar-refractivity contribution is 6.20. The Balaban J connectivity index is 2.03. The van der Waals surface area contributed by atoms with Crippen LogP contribution in [0.3, 0.4) is 0 Å². The summed E-state index contributed by atoms with van der Waals surface area (Å²) in [5.74, 6) is 0.817. The van der Waals surface area contributed by atoms with Crippen molar-refractivity contribution in [1.29, 1.82) is 0 Å². The predicted octanol–water partition coefficient (Wildman–Crippen LogP) is 3.00. The normalized spacial score (nSPS) is 14.9. The minimum absolute atomic E-state index is 0.00240. The van der Waals surface area contributed by atoms with Crippen LogP contribution in [0.15, 0.2) is 41.3 Å². The van der Waals surface area contributed by atoms with Gasteiger partial charge in [-0.3, -0.25) is 0 Å². The van der Waals surface area contributed by atoms with Crippen LogP contribution in [0, 0.1) is 0 Å². The first-order valence-corrected chi connectivity index (χ1v) is 7.50. The number of benzene rings is 1. The van der Waals surface area contributed by atoms with Crippen LogP contribution in [0.5, 0.6) is 11.5 Å². The van der Waals surface area contributed by atoms with Crippen molar-refractivity contribution in [1.82, 2.24) is 14.1 Å². The van der Waals surface area contributed by atoms with Gasteiger partial charge < -0.3 is 9.47 Å². The average Bonchev–Trinajstić information content (AvgIpc) is 3.15. The summed E-state index contributed by atoms with van der Waals surface area (Å²) >= 11 is 4.97. The second-order valence-electron chi connectivity index (χ2n) is 5.23. The van der Waals surface area contributed by atoms with E-state index in [1.54, 1.807) is 0 Å². The second-order valence-corrected chi connectivity index (χ2v) is 5.61. The lowest BCUT2D eigenvalue weighted by molar-refractivity contribution is -0.115. The van der Waals surface area contributed by atoms with Crippen LogP contribution in [-0.4, -0.2) is 26.5 Å². The number of aromatic nitrogens is 3. The van der Waals surface area contributed by atoms with E-state index in [2.05, 4.69) is 4.98 Å². The van der Waals surface area contributed by atoms with Crippen molar-refractivity contribution in [2.24, 2.45) is 0 Å². The summed E-state index contributed by atoms with van der Waals surface area (Å²) in [5, 5.41) is 0. The molecule has 0 fully saturated rings. The van der Waals surface area contributed by atoms with E-state index in [1.807, 2.05) is 0 Å². The van der Waals surface area contributed by atoms with E-state index < -0.39 is 17.4 Å². The molecular formula is C15H9ClF3N3O3. The van der Waals surface area contributed by atoms with Crippen LogP contribution >= 0.6 is 11.6 Å². The van der Waals surface area contributed by atoms with Crippen LogP contribution in [0.25, 0.3) is 16.9 Å². The molecule has 0 amide bonds. The molecule has 0 radical (unpaired) electrons. The average molecular weight is 372 g/mol. The number of alkyl halides is 4. The van der Waals surface area contributed by atoms with E-state index >= 15 is 0 Å². The van der Waals surface area contributed by atoms with Crippen molar-refractivity contribution < 1.29 is 22.6 Å². The number of pyridine rings is 1. The summed E-state index contributed by atoms with van der Waals surface area (Å²) in [7, 11) is 0. The molecule has 130 valence electrons. The number of imidazole rings is 1. The van der Waals surface area contributed by atoms with Crippen LogP contribution in [0.2, 0.25) is 0 Å². The van der Waals surface area contributed by atoms with E-state index in [4.69, 9.17) is 21.1 Å². The Morgan fingerprint density at radius 1 is 1.24 bits per heavy atom. The Kier molecular flexibility index (Phi) is 3.43. The van der Waals surface area contributed by atoms with Crippen molar-refractivity contribution >= 4 is 22.8 Å². The molecule has 4 rings (SSSR count). The molecule has 1 unspecified atom stereocenters. The van der Waals surface area contributed by atoms with Gasteiger partial charge in [0.25, 0.3) is 5.63 Å². The minimum atomic E-state index is -4.25. The Hall–Kier alpha value is -2.68. The van der Waals surface area contributed by atoms with E-state index in [0.717, 1.165) is 4.57 Å². The highest BCUT2D eigenvalue weighted by atomic mass is 35.5. The molecule has 0 spiro atoms. The number of halogens is 4. The van der Waals surface area contributed by atoms with Crippen LogP contribution in [0.4, 0.5) is 13.2 Å². The summed E-state index contributed by atoms with van der Waals surface area (Å²) in [6.07, 6.45) is 1.33. The maximum absolute atomic E-state index is 14.2. The number of rotatable bonds is 3. The Bertz CT molecular complexity index is 1030. The van der Waals surface area contributed by atoms with Gasteiger partial charge in [0, 0.05) is 12.3 Å². The zero-order valence-corrected chi connectivity index (χ0v) is 13.1. The van der Waals surface area contributed by atoms with Gasteiger partial charge in [0.2, 0.25) is 6.79 Å². The molecule has 25 heavy (non-hydrogen) atoms. The van der Waals surface area contributed by atoms with Crippen molar-refractivity contribution in [3.8, 4) is 17.2 Å². The van der Waals surface area contributed by atoms with Gasteiger partial charge in [-0.25, -0.2) is 23.3 Å². The molecule has 0 N–H and O–H groups in total. The molecular weight excluding hydrogens is 363 g/mol. The SMILES string of the molecule is O=c1n(-c2ccc3c(c2)OCO3)c2ncccc2n1C(F)(F)C(F)Cl. The van der Waals surface area contributed by atoms with Crippen molar-refractivity contribution in [2.45, 2.75) is 11.7 Å². The van der Waals surface area contributed by atoms with Crippen LogP contribution in [0.1, 0.15) is 0 Å². The molecule has 0 saturated heterocycles. The molecule has 3 heterocycles. The largest absolute Gasteiger partial charge is 0.454 e. The molecule has 1 aliphatic heterocycles. The summed E-state index contributed by atoms with van der Waals surface area (Å²) in [4.78, 5) is 16.6. The first-order valence-electron chi connectivity index (χ1n) is 7.06. The lowest BCUT2D eigenvalue weighted by Crippen LogP contribution is -2.39. The standard InChI is InChI=1S/C15H9ClF3N3O3/c16-13(17)15(18,19)22-9-2-1-5-20-12(9)21(14(22)23)8-3-4-10-11(6-8)25-7-24-10/h1-6,13H,7H2. The molecule has 3 aromatic rings. The first kappa shape index (κ1) is 15.8. The van der Waals surface area contributed by atoms with Crippen molar-refractivity contribution in [2.75, 3.05) is 6.79 Å². The third-order valence-corrected chi connectivity index (χ3v) is 4.04. The number of hydrogen-bond acceptors (Lipinski definition) is 4. The highest BCUT2D eigenvalue weighted by Gasteiger charge is 2.44. The molecule has 10 heteroatoms. The Labute approximate surface area is 143 Å². The molecule has 2 aromatic heterocycles. The third kappa shape index (κ3) is 2.26. The van der Waals surface area contributed by atoms with Gasteiger partial charge in [-0.05, 0) is 24.3 Å². The van der Waals surface area contributed by atoms with Gasteiger partial charge in [-0.15, -0.1) is 0 Å². The first-order chi connectivity index (χ1) is 11.9. The number of fused-ring (bicyclic) bond motifs is 2. The van der Waals surface area contributed by atoms with Gasteiger partial charge in [0.15, 0.2) is 17.1 Å². The Morgan fingerprint density at radius 2 is 2.00 bits per heavy atom. The molecule has 0 aliphatic carbocycles. The van der Waals surface area contributed by atoms with Gasteiger partial charge >= 0.3 is 11.7 Å². The lowest BCUT2D eigenvalue weighted by atomic mass is 10.2. The zero-order chi connectivity index (χ0) is 17.8. The van der Waals surface area contributed by atoms with Gasteiger partial charge in [0.1, 0.15) is 0 Å². The molecule has 1 aliphatic rings. The van der Waals surface area contributed by atoms with Crippen LogP contribution in [-0.2, 0) is 6.05 Å². The Morgan fingerprint density at radius 3 is 2.76 bits per heavy atom. The summed E-state index contributed by atoms with van der Waals surface area (Å²) in [6, 6.07) is 2.82. The third-order valence-electron chi connectivity index (χ3n) is 3.78. The maximum atomic E-state index is 14.2. The summed E-state index contributed by atoms with van der Waals surface area (Å²) in [6.45, 7) is 0.0154. The van der Waals surface area contributed by atoms with Gasteiger partial charge in [-0.1, -0.05) is 11.6 Å². The molecule has 1 atom stereocenters. The fourth-order valence-electron chi connectivity index (χ4n) is 2.67. The summed E-state index contributed by atoms with van der Waals surface area (Å²) in [5.41, 5.74) is -4.36. The fraction of sp³-hybridized carbons (Fsp3) is 0.200. The molecule has 6 nitrogen and oxygen atoms in total. The topological polar surface area (TPSA) is 58.3 Å². The maximum Gasteiger partial charge on any atom is 0.378 e. The van der Waals surface area contributed by atoms with Crippen molar-refractivity contribution in [3.05, 3.63) is 47.0 Å². The zero-order valence-electron chi connectivity index (χ0n) is 12.3. The van der Waals surface area contributed by atoms with Gasteiger partial charge in [-0.2, -0.15) is 8.78 Å². The lowest BCUT2D eigenvalue weighted by Gasteiger charge is -2.17. The summed E-state index contributed by atoms with van der Waals surface area (Å²) < 4.78 is 53.0. The number of hydrogen-bond donors (Lipinski definition) is 0. The van der Waals surface area contributed by atoms with E-state index in [-0.39, 0.29) is 28.2 Å². The quantitative estimate of drug-likeness (QED) is 0.664. The highest BCUT2D eigenvalue weighted by Crippen LogP contribution is 2.35. The minimum Gasteiger partial charge on any atom is -0.454 e. The number of ether oxygens (including phenoxy) is 2. The van der Waals surface area contributed by atoms with E-state index in [1.165, 1.54) is 36.5 Å². The molecule has 0 saturated carbocycles. The van der Waals surface area contributed by atoms with Crippen molar-refractivity contribution in [3.63, 3.8) is 0 Å². The fourth-order valence-corrected chi connectivity index (χ4v) is 2.77. The second kappa shape index (κ2) is 5.41. The number of nitrogens with zero attached hydrogens (tertiary/aromatic N) is 3. The van der Waals surface area contributed by atoms with Crippen LogP contribution < -0.4 is 15.2 Å². The monoisotopic (exact) mass is 371 g/mol. The van der Waals surface area contributed by atoms with Gasteiger partial charge in [0.05, 0.1) is 11.2 Å². The molecule has 0 bridgehead atoms. The predicted molar refractivity (Wildman–Crippen MR) is 82.4 cm³/mol. The molecule has 1 aromatic carbocycles. The smallest absolute Gasteiger partial charge is 0.378 e. The van der Waals surface area contributed by atoms with E-state index in [9.17, 15) is 18.0 Å². The van der Waals surface area contributed by atoms with E-state index in [0.29, 0.717) is 11.5 Å².